The summed E-state index contributed by atoms with van der Waals surface area (Å²) in [6.07, 6.45) is 15.5. The van der Waals surface area contributed by atoms with Crippen LogP contribution in [0, 0.1) is 5.92 Å². The normalized spacial score (nSPS) is 31.8. The zero-order valence-corrected chi connectivity index (χ0v) is 13.8. The van der Waals surface area contributed by atoms with Crippen molar-refractivity contribution in [1.29, 1.82) is 0 Å². The number of unbranched alkanes of at least 4 members (excludes halogenated alkanes) is 4. The molecule has 0 radical (unpaired) electrons. The summed E-state index contributed by atoms with van der Waals surface area (Å²) >= 11 is 0. The minimum absolute atomic E-state index is 0.529. The van der Waals surface area contributed by atoms with E-state index in [4.69, 9.17) is 9.47 Å². The lowest BCUT2D eigenvalue weighted by molar-refractivity contribution is 0.318. The van der Waals surface area contributed by atoms with Gasteiger partial charge in [0.25, 0.3) is 0 Å². The van der Waals surface area contributed by atoms with E-state index >= 15 is 0 Å². The molecule has 0 aromatic carbocycles. The van der Waals surface area contributed by atoms with Gasteiger partial charge in [-0.3, -0.25) is 0 Å². The third kappa shape index (κ3) is 6.13. The fraction of sp³-hybridized carbons (Fsp3) is 1.00. The van der Waals surface area contributed by atoms with E-state index in [1.807, 2.05) is 0 Å². The molecule has 2 fully saturated rings. The van der Waals surface area contributed by atoms with Crippen molar-refractivity contribution in [3.8, 4) is 0 Å². The fourth-order valence-corrected chi connectivity index (χ4v) is 3.22. The predicted molar refractivity (Wildman–Crippen MR) is 84.0 cm³/mol. The van der Waals surface area contributed by atoms with E-state index in [0.717, 1.165) is 12.3 Å². The van der Waals surface area contributed by atoms with Crippen molar-refractivity contribution in [1.82, 2.24) is 0 Å². The lowest BCUT2D eigenvalue weighted by Crippen LogP contribution is -2.01. The molecular formula is C18H34O2. The molecule has 2 saturated heterocycles. The van der Waals surface area contributed by atoms with E-state index in [1.54, 1.807) is 0 Å². The molecule has 2 aliphatic rings. The molecule has 0 aromatic rings. The maximum absolute atomic E-state index is 5.77. The Morgan fingerprint density at radius 2 is 1.35 bits per heavy atom. The monoisotopic (exact) mass is 282 g/mol. The number of epoxide rings is 2. The average molecular weight is 282 g/mol. The molecule has 0 N–H and O–H groups in total. The van der Waals surface area contributed by atoms with Crippen LogP contribution in [0.15, 0.2) is 0 Å². The van der Waals surface area contributed by atoms with Crippen LogP contribution >= 0.6 is 0 Å². The van der Waals surface area contributed by atoms with Crippen LogP contribution in [0.3, 0.4) is 0 Å². The van der Waals surface area contributed by atoms with Crippen LogP contribution in [0.25, 0.3) is 0 Å². The van der Waals surface area contributed by atoms with Crippen molar-refractivity contribution in [2.75, 3.05) is 0 Å². The quantitative estimate of drug-likeness (QED) is 0.367. The van der Waals surface area contributed by atoms with Gasteiger partial charge in [-0.25, -0.2) is 0 Å². The SMILES string of the molecule is CCCC1OC1CC1OC1CCCCCCCC(C)C. The maximum Gasteiger partial charge on any atom is 0.0867 e. The van der Waals surface area contributed by atoms with Crippen LogP contribution in [0.5, 0.6) is 0 Å². The molecule has 2 rings (SSSR count). The first kappa shape index (κ1) is 16.3. The topological polar surface area (TPSA) is 25.1 Å². The molecule has 4 unspecified atom stereocenters. The van der Waals surface area contributed by atoms with Crippen LogP contribution in [0.4, 0.5) is 0 Å². The maximum atomic E-state index is 5.77. The highest BCUT2D eigenvalue weighted by Crippen LogP contribution is 2.38. The summed E-state index contributed by atoms with van der Waals surface area (Å²) in [5.41, 5.74) is 0. The van der Waals surface area contributed by atoms with E-state index in [0.29, 0.717) is 24.4 Å². The first-order valence-electron chi connectivity index (χ1n) is 9.01. The van der Waals surface area contributed by atoms with E-state index in [1.165, 1.54) is 57.8 Å². The predicted octanol–water partition coefficient (Wildman–Crippen LogP) is 5.10. The molecule has 0 saturated carbocycles. The number of hydrogen-bond acceptors (Lipinski definition) is 2. The number of rotatable bonds is 12. The second-order valence-corrected chi connectivity index (χ2v) is 7.19. The fourth-order valence-electron chi connectivity index (χ4n) is 3.22. The Hall–Kier alpha value is -0.0800. The molecule has 20 heavy (non-hydrogen) atoms. The summed E-state index contributed by atoms with van der Waals surface area (Å²) < 4.78 is 11.4. The van der Waals surface area contributed by atoms with Crippen molar-refractivity contribution in [2.24, 2.45) is 5.92 Å². The Bertz CT molecular complexity index is 264. The molecule has 2 heteroatoms. The average Bonchev–Trinajstić information content (AvgIpc) is 3.29. The molecule has 118 valence electrons. The van der Waals surface area contributed by atoms with Crippen molar-refractivity contribution < 1.29 is 9.47 Å². The Labute approximate surface area is 125 Å². The number of ether oxygens (including phenoxy) is 2. The molecule has 2 nitrogen and oxygen atoms in total. The summed E-state index contributed by atoms with van der Waals surface area (Å²) in [5.74, 6) is 0.872. The third-order valence-corrected chi connectivity index (χ3v) is 4.68. The Morgan fingerprint density at radius 3 is 2.00 bits per heavy atom. The van der Waals surface area contributed by atoms with Gasteiger partial charge < -0.3 is 9.47 Å². The molecule has 0 aliphatic carbocycles. The summed E-state index contributed by atoms with van der Waals surface area (Å²) in [6.45, 7) is 6.87. The van der Waals surface area contributed by atoms with Crippen LogP contribution in [-0.4, -0.2) is 24.4 Å². The van der Waals surface area contributed by atoms with Gasteiger partial charge >= 0.3 is 0 Å². The summed E-state index contributed by atoms with van der Waals surface area (Å²) in [4.78, 5) is 0. The zero-order valence-electron chi connectivity index (χ0n) is 13.8. The lowest BCUT2D eigenvalue weighted by atomic mass is 10.0. The smallest absolute Gasteiger partial charge is 0.0867 e. The van der Waals surface area contributed by atoms with Gasteiger partial charge in [-0.15, -0.1) is 0 Å². The molecule has 0 spiro atoms. The van der Waals surface area contributed by atoms with Crippen LogP contribution < -0.4 is 0 Å². The standard InChI is InChI=1S/C18H34O2/c1-4-10-15-17(19-15)13-18-16(20-18)12-9-7-5-6-8-11-14(2)3/h14-18H,4-13H2,1-3H3. The highest BCUT2D eigenvalue weighted by molar-refractivity contribution is 4.94. The Kier molecular flexibility index (Phi) is 6.83. The van der Waals surface area contributed by atoms with Gasteiger partial charge in [0.1, 0.15) is 0 Å². The first-order chi connectivity index (χ1) is 9.70. The van der Waals surface area contributed by atoms with E-state index < -0.39 is 0 Å². The van der Waals surface area contributed by atoms with Gasteiger partial charge in [-0.05, 0) is 18.8 Å². The van der Waals surface area contributed by atoms with Crippen LogP contribution in [-0.2, 0) is 9.47 Å². The van der Waals surface area contributed by atoms with Gasteiger partial charge in [0.2, 0.25) is 0 Å². The molecule has 0 aromatic heterocycles. The Balaban J connectivity index is 1.36. The van der Waals surface area contributed by atoms with Gasteiger partial charge in [0.15, 0.2) is 0 Å². The van der Waals surface area contributed by atoms with Crippen molar-refractivity contribution in [3.63, 3.8) is 0 Å². The highest BCUT2D eigenvalue weighted by atomic mass is 16.6. The minimum atomic E-state index is 0.529. The zero-order chi connectivity index (χ0) is 14.4. The molecule has 0 amide bonds. The van der Waals surface area contributed by atoms with Gasteiger partial charge in [0.05, 0.1) is 24.4 Å². The lowest BCUT2D eigenvalue weighted by Gasteiger charge is -2.03. The summed E-state index contributed by atoms with van der Waals surface area (Å²) in [7, 11) is 0. The second-order valence-electron chi connectivity index (χ2n) is 7.19. The minimum Gasteiger partial charge on any atom is -0.369 e. The molecule has 0 bridgehead atoms. The van der Waals surface area contributed by atoms with Crippen LogP contribution in [0.1, 0.15) is 85.0 Å². The Morgan fingerprint density at radius 1 is 0.750 bits per heavy atom. The summed E-state index contributed by atoms with van der Waals surface area (Å²) in [6, 6.07) is 0. The van der Waals surface area contributed by atoms with Crippen molar-refractivity contribution in [2.45, 2.75) is 109 Å². The first-order valence-corrected chi connectivity index (χ1v) is 9.01. The van der Waals surface area contributed by atoms with Crippen molar-refractivity contribution in [3.05, 3.63) is 0 Å². The van der Waals surface area contributed by atoms with Crippen molar-refractivity contribution >= 4 is 0 Å². The molecule has 2 aliphatic heterocycles. The van der Waals surface area contributed by atoms with E-state index in [9.17, 15) is 0 Å². The van der Waals surface area contributed by atoms with Gasteiger partial charge in [0, 0.05) is 6.42 Å². The molecule has 2 heterocycles. The van der Waals surface area contributed by atoms with E-state index in [-0.39, 0.29) is 0 Å². The second kappa shape index (κ2) is 8.38. The van der Waals surface area contributed by atoms with E-state index in [2.05, 4.69) is 20.8 Å². The third-order valence-electron chi connectivity index (χ3n) is 4.68. The van der Waals surface area contributed by atoms with Gasteiger partial charge in [-0.1, -0.05) is 65.7 Å². The number of hydrogen-bond donors (Lipinski definition) is 0. The van der Waals surface area contributed by atoms with Gasteiger partial charge in [-0.2, -0.15) is 0 Å². The molecular weight excluding hydrogens is 248 g/mol. The largest absolute Gasteiger partial charge is 0.369 e. The molecule has 4 atom stereocenters. The summed E-state index contributed by atoms with van der Waals surface area (Å²) in [5, 5.41) is 0. The van der Waals surface area contributed by atoms with Crippen LogP contribution in [0.2, 0.25) is 0 Å². The highest BCUT2D eigenvalue weighted by Gasteiger charge is 2.47.